The highest BCUT2D eigenvalue weighted by Gasteiger charge is 2.03. The van der Waals surface area contributed by atoms with Crippen LogP contribution in [0.25, 0.3) is 0 Å². The van der Waals surface area contributed by atoms with Crippen LogP contribution in [0.3, 0.4) is 0 Å². The predicted molar refractivity (Wildman–Crippen MR) is 53.1 cm³/mol. The van der Waals surface area contributed by atoms with Crippen molar-refractivity contribution in [2.45, 2.75) is 13.0 Å². The van der Waals surface area contributed by atoms with Crippen molar-refractivity contribution in [2.75, 3.05) is 5.32 Å². The number of aromatic nitrogens is 1. The third-order valence-corrected chi connectivity index (χ3v) is 1.62. The average Bonchev–Trinajstić information content (AvgIpc) is 2.18. The number of nitrogens with one attached hydrogen (secondary N) is 1. The third-order valence-electron chi connectivity index (χ3n) is 1.62. The van der Waals surface area contributed by atoms with E-state index in [1.54, 1.807) is 6.07 Å². The zero-order chi connectivity index (χ0) is 10.6. The van der Waals surface area contributed by atoms with Gasteiger partial charge in [0.2, 0.25) is 0 Å². The Labute approximate surface area is 82.0 Å². The minimum Gasteiger partial charge on any atom is -0.477 e. The molecule has 0 fully saturated rings. The number of carboxylic acids is 1. The predicted octanol–water partition coefficient (Wildman–Crippen LogP) is 1.21. The fourth-order valence-electron chi connectivity index (χ4n) is 0.897. The van der Waals surface area contributed by atoms with Crippen LogP contribution in [-0.2, 0) is 0 Å². The van der Waals surface area contributed by atoms with Crippen LogP contribution >= 0.6 is 0 Å². The van der Waals surface area contributed by atoms with E-state index >= 15 is 0 Å². The fraction of sp³-hybridized carbons (Fsp3) is 0.200. The molecule has 0 bridgehead atoms. The molecule has 1 atom stereocenters. The van der Waals surface area contributed by atoms with E-state index in [1.165, 1.54) is 12.3 Å². The lowest BCUT2D eigenvalue weighted by atomic mass is 10.3. The van der Waals surface area contributed by atoms with Crippen molar-refractivity contribution in [2.24, 2.45) is 0 Å². The molecule has 1 heterocycles. The van der Waals surface area contributed by atoms with Gasteiger partial charge in [-0.15, -0.1) is 6.42 Å². The van der Waals surface area contributed by atoms with Crippen LogP contribution < -0.4 is 5.32 Å². The van der Waals surface area contributed by atoms with Crippen molar-refractivity contribution in [1.82, 2.24) is 4.98 Å². The maximum atomic E-state index is 10.5. The summed E-state index contributed by atoms with van der Waals surface area (Å²) >= 11 is 0. The first-order valence-corrected chi connectivity index (χ1v) is 4.05. The highest BCUT2D eigenvalue weighted by molar-refractivity contribution is 5.85. The van der Waals surface area contributed by atoms with Gasteiger partial charge in [0, 0.05) is 0 Å². The number of carboxylic acid groups (broad SMARTS) is 1. The maximum absolute atomic E-state index is 10.5. The Morgan fingerprint density at radius 1 is 1.71 bits per heavy atom. The highest BCUT2D eigenvalue weighted by atomic mass is 16.4. The van der Waals surface area contributed by atoms with E-state index in [1.807, 2.05) is 6.92 Å². The van der Waals surface area contributed by atoms with E-state index in [0.29, 0.717) is 5.69 Å². The number of terminal acetylenes is 1. The second-order valence-electron chi connectivity index (χ2n) is 2.77. The topological polar surface area (TPSA) is 62.2 Å². The number of anilines is 1. The number of rotatable bonds is 3. The Hall–Kier alpha value is -2.02. The lowest BCUT2D eigenvalue weighted by molar-refractivity contribution is 0.0690. The number of aromatic carboxylic acids is 1. The van der Waals surface area contributed by atoms with Gasteiger partial charge in [0.05, 0.1) is 17.9 Å². The lowest BCUT2D eigenvalue weighted by Crippen LogP contribution is -2.12. The molecule has 1 aromatic rings. The second-order valence-corrected chi connectivity index (χ2v) is 2.77. The summed E-state index contributed by atoms with van der Waals surface area (Å²) in [4.78, 5) is 14.2. The van der Waals surface area contributed by atoms with Gasteiger partial charge in [-0.1, -0.05) is 5.92 Å². The zero-order valence-electron chi connectivity index (χ0n) is 7.69. The number of pyridine rings is 1. The monoisotopic (exact) mass is 190 g/mol. The normalized spacial score (nSPS) is 11.4. The molecule has 72 valence electrons. The molecule has 1 rings (SSSR count). The van der Waals surface area contributed by atoms with E-state index in [9.17, 15) is 4.79 Å². The van der Waals surface area contributed by atoms with Gasteiger partial charge < -0.3 is 10.4 Å². The maximum Gasteiger partial charge on any atom is 0.354 e. The molecular formula is C10H10N2O2. The Balaban J connectivity index is 2.75. The first kappa shape index (κ1) is 10.1. The van der Waals surface area contributed by atoms with E-state index in [-0.39, 0.29) is 11.7 Å². The fourth-order valence-corrected chi connectivity index (χ4v) is 0.897. The van der Waals surface area contributed by atoms with Crippen molar-refractivity contribution in [3.8, 4) is 12.3 Å². The molecule has 2 N–H and O–H groups in total. The van der Waals surface area contributed by atoms with Crippen molar-refractivity contribution < 1.29 is 9.90 Å². The van der Waals surface area contributed by atoms with Gasteiger partial charge in [-0.25, -0.2) is 9.78 Å². The van der Waals surface area contributed by atoms with Gasteiger partial charge in [0.15, 0.2) is 0 Å². The molecule has 0 aliphatic carbocycles. The molecule has 0 saturated carbocycles. The highest BCUT2D eigenvalue weighted by Crippen LogP contribution is 2.07. The first-order valence-electron chi connectivity index (χ1n) is 4.05. The molecule has 0 radical (unpaired) electrons. The van der Waals surface area contributed by atoms with E-state index in [4.69, 9.17) is 11.5 Å². The Morgan fingerprint density at radius 3 is 2.86 bits per heavy atom. The summed E-state index contributed by atoms with van der Waals surface area (Å²) in [5.41, 5.74) is 0.726. The van der Waals surface area contributed by atoms with Crippen LogP contribution in [-0.4, -0.2) is 22.1 Å². The van der Waals surface area contributed by atoms with Crippen molar-refractivity contribution in [1.29, 1.82) is 0 Å². The Bertz CT molecular complexity index is 365. The third kappa shape index (κ3) is 2.49. The van der Waals surface area contributed by atoms with Crippen LogP contribution in [0.5, 0.6) is 0 Å². The first-order chi connectivity index (χ1) is 6.63. The Morgan fingerprint density at radius 2 is 2.43 bits per heavy atom. The summed E-state index contributed by atoms with van der Waals surface area (Å²) in [5.74, 6) is 1.46. The summed E-state index contributed by atoms with van der Waals surface area (Å²) in [6.45, 7) is 1.82. The standard InChI is InChI=1S/C10H10N2O2/c1-3-7(2)12-8-4-5-9(10(13)14)11-6-8/h1,4-7,12H,2H3,(H,13,14). The average molecular weight is 190 g/mol. The largest absolute Gasteiger partial charge is 0.477 e. The second kappa shape index (κ2) is 4.28. The van der Waals surface area contributed by atoms with Gasteiger partial charge in [-0.05, 0) is 19.1 Å². The molecule has 0 saturated heterocycles. The molecule has 14 heavy (non-hydrogen) atoms. The molecule has 1 unspecified atom stereocenters. The number of nitrogens with zero attached hydrogens (tertiary/aromatic N) is 1. The summed E-state index contributed by atoms with van der Waals surface area (Å²) in [7, 11) is 0. The minimum atomic E-state index is -1.04. The molecule has 4 nitrogen and oxygen atoms in total. The van der Waals surface area contributed by atoms with E-state index < -0.39 is 5.97 Å². The summed E-state index contributed by atoms with van der Waals surface area (Å²) in [6, 6.07) is 2.95. The van der Waals surface area contributed by atoms with Crippen molar-refractivity contribution in [3.63, 3.8) is 0 Å². The Kier molecular flexibility index (Phi) is 3.08. The van der Waals surface area contributed by atoms with E-state index in [0.717, 1.165) is 0 Å². The van der Waals surface area contributed by atoms with E-state index in [2.05, 4.69) is 16.2 Å². The van der Waals surface area contributed by atoms with Crippen LogP contribution in [0, 0.1) is 12.3 Å². The van der Waals surface area contributed by atoms with Gasteiger partial charge in [0.25, 0.3) is 0 Å². The number of hydrogen-bond donors (Lipinski definition) is 2. The van der Waals surface area contributed by atoms with Gasteiger partial charge >= 0.3 is 5.97 Å². The molecule has 1 aromatic heterocycles. The minimum absolute atomic E-state index is 0.0175. The molecule has 0 spiro atoms. The molecular weight excluding hydrogens is 180 g/mol. The lowest BCUT2D eigenvalue weighted by Gasteiger charge is -2.08. The molecule has 0 aromatic carbocycles. The van der Waals surface area contributed by atoms with Gasteiger partial charge in [-0.2, -0.15) is 0 Å². The summed E-state index contributed by atoms with van der Waals surface area (Å²) < 4.78 is 0. The van der Waals surface area contributed by atoms with Crippen LogP contribution in [0.15, 0.2) is 18.3 Å². The van der Waals surface area contributed by atoms with Crippen LogP contribution in [0.4, 0.5) is 5.69 Å². The molecule has 0 aliphatic heterocycles. The SMILES string of the molecule is C#CC(C)Nc1ccc(C(=O)O)nc1. The zero-order valence-corrected chi connectivity index (χ0v) is 7.69. The molecule has 0 aliphatic rings. The van der Waals surface area contributed by atoms with Crippen molar-refractivity contribution >= 4 is 11.7 Å². The quantitative estimate of drug-likeness (QED) is 0.703. The summed E-state index contributed by atoms with van der Waals surface area (Å²) in [5, 5.41) is 11.6. The van der Waals surface area contributed by atoms with Gasteiger partial charge in [0.1, 0.15) is 5.69 Å². The number of carbonyl (C=O) groups is 1. The molecule has 4 heteroatoms. The van der Waals surface area contributed by atoms with Crippen LogP contribution in [0.2, 0.25) is 0 Å². The molecule has 0 amide bonds. The van der Waals surface area contributed by atoms with Crippen LogP contribution in [0.1, 0.15) is 17.4 Å². The van der Waals surface area contributed by atoms with Crippen molar-refractivity contribution in [3.05, 3.63) is 24.0 Å². The van der Waals surface area contributed by atoms with Gasteiger partial charge in [-0.3, -0.25) is 0 Å². The number of hydrogen-bond acceptors (Lipinski definition) is 3. The summed E-state index contributed by atoms with van der Waals surface area (Å²) in [6.07, 6.45) is 6.61. The smallest absolute Gasteiger partial charge is 0.354 e.